The maximum atomic E-state index is 12.8. The first kappa shape index (κ1) is 19.4. The van der Waals surface area contributed by atoms with Gasteiger partial charge in [-0.2, -0.15) is 4.98 Å². The zero-order valence-electron chi connectivity index (χ0n) is 16.8. The highest BCUT2D eigenvalue weighted by Gasteiger charge is 2.15. The number of nitrogens with one attached hydrogen (secondary N) is 1. The molecule has 0 aliphatic heterocycles. The number of para-hydroxylation sites is 1. The summed E-state index contributed by atoms with van der Waals surface area (Å²) in [5, 5.41) is 7.61. The van der Waals surface area contributed by atoms with Gasteiger partial charge in [0.15, 0.2) is 11.5 Å². The van der Waals surface area contributed by atoms with E-state index in [9.17, 15) is 4.79 Å². The summed E-state index contributed by atoms with van der Waals surface area (Å²) in [5.74, 6) is 1.63. The number of benzene rings is 2. The van der Waals surface area contributed by atoms with Gasteiger partial charge in [-0.15, -0.1) is 0 Å². The molecule has 2 aromatic carbocycles. The molecule has 4 rings (SSSR count). The first-order valence-electron chi connectivity index (χ1n) is 9.28. The summed E-state index contributed by atoms with van der Waals surface area (Å²) in [6.07, 6.45) is 0. The summed E-state index contributed by atoms with van der Waals surface area (Å²) in [6, 6.07) is 14.6. The van der Waals surface area contributed by atoms with E-state index in [1.54, 1.807) is 38.5 Å². The van der Waals surface area contributed by atoms with Crippen LogP contribution in [0.1, 0.15) is 21.9 Å². The number of amides is 1. The highest BCUT2D eigenvalue weighted by atomic mass is 16.5. The van der Waals surface area contributed by atoms with Crippen LogP contribution in [0.15, 0.2) is 53.1 Å². The predicted molar refractivity (Wildman–Crippen MR) is 110 cm³/mol. The predicted octanol–water partition coefficient (Wildman–Crippen LogP) is 3.54. The molecule has 8 nitrogen and oxygen atoms in total. The molecule has 152 valence electrons. The van der Waals surface area contributed by atoms with E-state index >= 15 is 0 Å². The molecule has 0 fully saturated rings. The van der Waals surface area contributed by atoms with Crippen LogP contribution in [0, 0.1) is 6.92 Å². The summed E-state index contributed by atoms with van der Waals surface area (Å²) in [4.78, 5) is 21.6. The Balaban J connectivity index is 1.51. The number of methoxy groups -OCH3 is 2. The third-order valence-electron chi connectivity index (χ3n) is 4.60. The van der Waals surface area contributed by atoms with Crippen molar-refractivity contribution in [3.8, 4) is 22.9 Å². The fourth-order valence-corrected chi connectivity index (χ4v) is 3.17. The monoisotopic (exact) mass is 404 g/mol. The molecular formula is C22H20N4O4. The number of aryl methyl sites for hydroxylation is 1. The van der Waals surface area contributed by atoms with Crippen molar-refractivity contribution in [2.75, 3.05) is 14.2 Å². The molecule has 2 heterocycles. The summed E-state index contributed by atoms with van der Waals surface area (Å²) >= 11 is 0. The Morgan fingerprint density at radius 3 is 2.63 bits per heavy atom. The Kier molecular flexibility index (Phi) is 5.30. The van der Waals surface area contributed by atoms with E-state index in [2.05, 4.69) is 20.4 Å². The van der Waals surface area contributed by atoms with Crippen molar-refractivity contribution >= 4 is 16.8 Å². The molecule has 0 aliphatic carbocycles. The first-order chi connectivity index (χ1) is 14.6. The average Bonchev–Trinajstić information content (AvgIpc) is 3.25. The van der Waals surface area contributed by atoms with Gasteiger partial charge >= 0.3 is 0 Å². The highest BCUT2D eigenvalue weighted by Crippen LogP contribution is 2.31. The Morgan fingerprint density at radius 2 is 1.83 bits per heavy atom. The highest BCUT2D eigenvalue weighted by molar-refractivity contribution is 6.06. The lowest BCUT2D eigenvalue weighted by atomic mass is 10.1. The van der Waals surface area contributed by atoms with E-state index < -0.39 is 0 Å². The molecule has 0 saturated heterocycles. The summed E-state index contributed by atoms with van der Waals surface area (Å²) in [7, 11) is 3.13. The standard InChI is InChI=1S/C22H20N4O4/c1-13-10-16(15-6-4-5-7-17(15)24-13)22(27)23-12-20-25-21(26-30-20)14-8-9-18(28-2)19(11-14)29-3/h4-11H,12H2,1-3H3,(H,23,27). The molecule has 0 bridgehead atoms. The smallest absolute Gasteiger partial charge is 0.252 e. The van der Waals surface area contributed by atoms with E-state index in [0.717, 1.165) is 16.6 Å². The second kappa shape index (κ2) is 8.20. The molecular weight excluding hydrogens is 384 g/mol. The number of fused-ring (bicyclic) bond motifs is 1. The van der Waals surface area contributed by atoms with Gasteiger partial charge in [-0.1, -0.05) is 23.4 Å². The Morgan fingerprint density at radius 1 is 1.03 bits per heavy atom. The van der Waals surface area contributed by atoms with Crippen LogP contribution in [0.4, 0.5) is 0 Å². The number of pyridine rings is 1. The number of ether oxygens (including phenoxy) is 2. The van der Waals surface area contributed by atoms with E-state index in [-0.39, 0.29) is 12.5 Å². The van der Waals surface area contributed by atoms with E-state index in [0.29, 0.717) is 34.3 Å². The summed E-state index contributed by atoms with van der Waals surface area (Å²) < 4.78 is 15.8. The normalized spacial score (nSPS) is 10.8. The zero-order chi connectivity index (χ0) is 21.1. The molecule has 8 heteroatoms. The topological polar surface area (TPSA) is 99.4 Å². The fourth-order valence-electron chi connectivity index (χ4n) is 3.17. The van der Waals surface area contributed by atoms with Crippen molar-refractivity contribution in [2.24, 2.45) is 0 Å². The van der Waals surface area contributed by atoms with Crippen molar-refractivity contribution < 1.29 is 18.8 Å². The van der Waals surface area contributed by atoms with Gasteiger partial charge in [0.25, 0.3) is 5.91 Å². The van der Waals surface area contributed by atoms with Gasteiger partial charge in [0.1, 0.15) is 0 Å². The van der Waals surface area contributed by atoms with Crippen LogP contribution in [-0.4, -0.2) is 35.3 Å². The minimum Gasteiger partial charge on any atom is -0.493 e. The molecule has 4 aromatic rings. The van der Waals surface area contributed by atoms with Crippen molar-refractivity contribution in [1.82, 2.24) is 20.4 Å². The molecule has 0 unspecified atom stereocenters. The van der Waals surface area contributed by atoms with Crippen LogP contribution in [0.2, 0.25) is 0 Å². The lowest BCUT2D eigenvalue weighted by Gasteiger charge is -2.08. The van der Waals surface area contributed by atoms with Crippen LogP contribution >= 0.6 is 0 Å². The van der Waals surface area contributed by atoms with E-state index in [4.69, 9.17) is 14.0 Å². The molecule has 0 saturated carbocycles. The Labute approximate surface area is 172 Å². The van der Waals surface area contributed by atoms with Gasteiger partial charge in [-0.3, -0.25) is 9.78 Å². The number of hydrogen-bond acceptors (Lipinski definition) is 7. The second-order valence-electron chi connectivity index (χ2n) is 6.59. The minimum atomic E-state index is -0.234. The third kappa shape index (κ3) is 3.80. The lowest BCUT2D eigenvalue weighted by molar-refractivity contribution is 0.0947. The number of carbonyl (C=O) groups is 1. The van der Waals surface area contributed by atoms with E-state index in [1.807, 2.05) is 31.2 Å². The molecule has 1 N–H and O–H groups in total. The molecule has 0 radical (unpaired) electrons. The number of carbonyl (C=O) groups excluding carboxylic acids is 1. The largest absolute Gasteiger partial charge is 0.493 e. The van der Waals surface area contributed by atoms with Crippen LogP contribution < -0.4 is 14.8 Å². The Bertz CT molecular complexity index is 1220. The average molecular weight is 404 g/mol. The van der Waals surface area contributed by atoms with Gasteiger partial charge in [-0.25, -0.2) is 0 Å². The van der Waals surface area contributed by atoms with Gasteiger partial charge < -0.3 is 19.3 Å². The van der Waals surface area contributed by atoms with Crippen molar-refractivity contribution in [3.63, 3.8) is 0 Å². The van der Waals surface area contributed by atoms with Crippen LogP contribution in [0.3, 0.4) is 0 Å². The Hall–Kier alpha value is -3.94. The van der Waals surface area contributed by atoms with Crippen LogP contribution in [-0.2, 0) is 6.54 Å². The second-order valence-corrected chi connectivity index (χ2v) is 6.59. The van der Waals surface area contributed by atoms with Gasteiger partial charge in [0.2, 0.25) is 11.7 Å². The maximum absolute atomic E-state index is 12.8. The number of hydrogen-bond donors (Lipinski definition) is 1. The van der Waals surface area contributed by atoms with Gasteiger partial charge in [0, 0.05) is 16.6 Å². The van der Waals surface area contributed by atoms with Crippen molar-refractivity contribution in [1.29, 1.82) is 0 Å². The van der Waals surface area contributed by atoms with E-state index in [1.165, 1.54) is 0 Å². The minimum absolute atomic E-state index is 0.106. The molecule has 30 heavy (non-hydrogen) atoms. The molecule has 0 atom stereocenters. The van der Waals surface area contributed by atoms with Gasteiger partial charge in [-0.05, 0) is 37.3 Å². The molecule has 0 spiro atoms. The number of nitrogens with zero attached hydrogens (tertiary/aromatic N) is 3. The number of aromatic nitrogens is 3. The van der Waals surface area contributed by atoms with Crippen LogP contribution in [0.25, 0.3) is 22.3 Å². The zero-order valence-corrected chi connectivity index (χ0v) is 16.8. The summed E-state index contributed by atoms with van der Waals surface area (Å²) in [5.41, 5.74) is 2.81. The fraction of sp³-hybridized carbons (Fsp3) is 0.182. The summed E-state index contributed by atoms with van der Waals surface area (Å²) in [6.45, 7) is 1.96. The molecule has 1 amide bonds. The van der Waals surface area contributed by atoms with Crippen LogP contribution in [0.5, 0.6) is 11.5 Å². The lowest BCUT2D eigenvalue weighted by Crippen LogP contribution is -2.23. The quantitative estimate of drug-likeness (QED) is 0.525. The third-order valence-corrected chi connectivity index (χ3v) is 4.60. The van der Waals surface area contributed by atoms with Crippen molar-refractivity contribution in [2.45, 2.75) is 13.5 Å². The van der Waals surface area contributed by atoms with Gasteiger partial charge in [0.05, 0.1) is 31.8 Å². The first-order valence-corrected chi connectivity index (χ1v) is 9.28. The maximum Gasteiger partial charge on any atom is 0.252 e. The molecule has 2 aromatic heterocycles. The number of rotatable bonds is 6. The SMILES string of the molecule is COc1ccc(-c2noc(CNC(=O)c3cc(C)nc4ccccc34)n2)cc1OC. The molecule has 0 aliphatic rings. The van der Waals surface area contributed by atoms with Crippen molar-refractivity contribution in [3.05, 3.63) is 65.7 Å².